The molecule has 1 aliphatic rings. The van der Waals surface area contributed by atoms with Gasteiger partial charge in [-0.05, 0) is 39.5 Å². The standard InChI is InChI=1S/C13H24N4O/c1-4-14-13-16-15-12(17(13)5-2)9-10-7-11(8-10)18-6-3/h10-11H,4-9H2,1-3H3,(H,14,16). The first-order chi connectivity index (χ1) is 8.78. The Hall–Kier alpha value is -1.10. The molecule has 1 aliphatic carbocycles. The van der Waals surface area contributed by atoms with Crippen LogP contribution in [0.4, 0.5) is 5.95 Å². The minimum absolute atomic E-state index is 0.478. The third kappa shape index (κ3) is 2.83. The third-order valence-corrected chi connectivity index (χ3v) is 3.54. The highest BCUT2D eigenvalue weighted by Gasteiger charge is 2.31. The second-order valence-electron chi connectivity index (χ2n) is 4.83. The molecule has 1 saturated carbocycles. The van der Waals surface area contributed by atoms with E-state index in [4.69, 9.17) is 4.74 Å². The van der Waals surface area contributed by atoms with Crippen LogP contribution < -0.4 is 5.32 Å². The molecule has 0 aromatic carbocycles. The highest BCUT2D eigenvalue weighted by atomic mass is 16.5. The van der Waals surface area contributed by atoms with Crippen LogP contribution in [0.3, 0.4) is 0 Å². The van der Waals surface area contributed by atoms with Crippen LogP contribution in [0.15, 0.2) is 0 Å². The number of anilines is 1. The van der Waals surface area contributed by atoms with Crippen LogP contribution in [0, 0.1) is 5.92 Å². The molecule has 0 unspecified atom stereocenters. The average Bonchev–Trinajstić information content (AvgIpc) is 2.69. The number of rotatable bonds is 7. The zero-order valence-corrected chi connectivity index (χ0v) is 11.6. The van der Waals surface area contributed by atoms with E-state index in [1.54, 1.807) is 0 Å². The Morgan fingerprint density at radius 1 is 1.28 bits per heavy atom. The Morgan fingerprint density at radius 3 is 2.67 bits per heavy atom. The van der Waals surface area contributed by atoms with E-state index in [9.17, 15) is 0 Å². The lowest BCUT2D eigenvalue weighted by atomic mass is 9.80. The van der Waals surface area contributed by atoms with Gasteiger partial charge < -0.3 is 10.1 Å². The molecule has 0 aliphatic heterocycles. The minimum atomic E-state index is 0.478. The van der Waals surface area contributed by atoms with Crippen molar-refractivity contribution in [3.63, 3.8) is 0 Å². The molecule has 5 nitrogen and oxygen atoms in total. The van der Waals surface area contributed by atoms with E-state index < -0.39 is 0 Å². The number of hydrogen-bond acceptors (Lipinski definition) is 4. The van der Waals surface area contributed by atoms with E-state index in [0.29, 0.717) is 12.0 Å². The zero-order chi connectivity index (χ0) is 13.0. The minimum Gasteiger partial charge on any atom is -0.378 e. The summed E-state index contributed by atoms with van der Waals surface area (Å²) in [5, 5.41) is 11.8. The smallest absolute Gasteiger partial charge is 0.224 e. The highest BCUT2D eigenvalue weighted by molar-refractivity contribution is 5.25. The molecule has 1 N–H and O–H groups in total. The summed E-state index contributed by atoms with van der Waals surface area (Å²) in [6.45, 7) is 8.90. The quantitative estimate of drug-likeness (QED) is 0.807. The molecule has 0 saturated heterocycles. The molecular weight excluding hydrogens is 228 g/mol. The van der Waals surface area contributed by atoms with Crippen LogP contribution in [-0.4, -0.2) is 34.0 Å². The van der Waals surface area contributed by atoms with Crippen molar-refractivity contribution in [1.29, 1.82) is 0 Å². The van der Waals surface area contributed by atoms with Gasteiger partial charge in [0.2, 0.25) is 5.95 Å². The number of nitrogens with one attached hydrogen (secondary N) is 1. The first kappa shape index (κ1) is 13.3. The summed E-state index contributed by atoms with van der Waals surface area (Å²) in [4.78, 5) is 0. The normalized spacial score (nSPS) is 22.8. The van der Waals surface area contributed by atoms with Crippen molar-refractivity contribution in [3.05, 3.63) is 5.82 Å². The predicted octanol–water partition coefficient (Wildman–Crippen LogP) is 2.09. The summed E-state index contributed by atoms with van der Waals surface area (Å²) in [5.41, 5.74) is 0. The molecule has 1 heterocycles. The molecule has 0 bridgehead atoms. The molecule has 102 valence electrons. The fourth-order valence-corrected chi connectivity index (χ4v) is 2.58. The largest absolute Gasteiger partial charge is 0.378 e. The fourth-order valence-electron chi connectivity index (χ4n) is 2.58. The third-order valence-electron chi connectivity index (χ3n) is 3.54. The Balaban J connectivity index is 1.90. The highest BCUT2D eigenvalue weighted by Crippen LogP contribution is 2.32. The van der Waals surface area contributed by atoms with E-state index in [2.05, 4.69) is 40.9 Å². The fraction of sp³-hybridized carbons (Fsp3) is 0.846. The van der Waals surface area contributed by atoms with Gasteiger partial charge >= 0.3 is 0 Å². The Morgan fingerprint density at radius 2 is 2.06 bits per heavy atom. The summed E-state index contributed by atoms with van der Waals surface area (Å²) < 4.78 is 7.77. The van der Waals surface area contributed by atoms with Gasteiger partial charge in [0.1, 0.15) is 5.82 Å². The van der Waals surface area contributed by atoms with Gasteiger partial charge in [0.25, 0.3) is 0 Å². The summed E-state index contributed by atoms with van der Waals surface area (Å²) in [6.07, 6.45) is 3.84. The van der Waals surface area contributed by atoms with Crippen LogP contribution in [0.1, 0.15) is 39.4 Å². The van der Waals surface area contributed by atoms with E-state index in [1.807, 2.05) is 0 Å². The Labute approximate surface area is 109 Å². The number of nitrogens with zero attached hydrogens (tertiary/aromatic N) is 3. The summed E-state index contributed by atoms with van der Waals surface area (Å²) in [6, 6.07) is 0. The van der Waals surface area contributed by atoms with Crippen LogP contribution >= 0.6 is 0 Å². The molecule has 1 fully saturated rings. The molecule has 0 radical (unpaired) electrons. The van der Waals surface area contributed by atoms with Gasteiger partial charge in [0, 0.05) is 26.1 Å². The summed E-state index contributed by atoms with van der Waals surface area (Å²) >= 11 is 0. The Bertz CT molecular complexity index is 371. The zero-order valence-electron chi connectivity index (χ0n) is 11.6. The Kier molecular flexibility index (Phi) is 4.58. The van der Waals surface area contributed by atoms with Gasteiger partial charge in [-0.1, -0.05) is 0 Å². The van der Waals surface area contributed by atoms with Crippen molar-refractivity contribution in [2.24, 2.45) is 5.92 Å². The van der Waals surface area contributed by atoms with Crippen LogP contribution in [-0.2, 0) is 17.7 Å². The first-order valence-electron chi connectivity index (χ1n) is 7.05. The molecule has 0 atom stereocenters. The van der Waals surface area contributed by atoms with Gasteiger partial charge in [-0.25, -0.2) is 0 Å². The van der Waals surface area contributed by atoms with Crippen molar-refractivity contribution in [2.75, 3.05) is 18.5 Å². The van der Waals surface area contributed by atoms with Crippen molar-refractivity contribution >= 4 is 5.95 Å². The number of aromatic nitrogens is 3. The van der Waals surface area contributed by atoms with Gasteiger partial charge in [0.15, 0.2) is 0 Å². The summed E-state index contributed by atoms with van der Waals surface area (Å²) in [5.74, 6) is 2.72. The maximum Gasteiger partial charge on any atom is 0.224 e. The lowest BCUT2D eigenvalue weighted by Gasteiger charge is -2.34. The van der Waals surface area contributed by atoms with Gasteiger partial charge in [-0.2, -0.15) is 0 Å². The van der Waals surface area contributed by atoms with E-state index in [0.717, 1.165) is 37.9 Å². The lowest BCUT2D eigenvalue weighted by Crippen LogP contribution is -2.33. The monoisotopic (exact) mass is 252 g/mol. The number of hydrogen-bond donors (Lipinski definition) is 1. The predicted molar refractivity (Wildman–Crippen MR) is 71.7 cm³/mol. The van der Waals surface area contributed by atoms with Gasteiger partial charge in [0.05, 0.1) is 6.10 Å². The van der Waals surface area contributed by atoms with Crippen LogP contribution in [0.25, 0.3) is 0 Å². The SMILES string of the molecule is CCNc1nnc(CC2CC(OCC)C2)n1CC. The van der Waals surface area contributed by atoms with Crippen molar-refractivity contribution in [3.8, 4) is 0 Å². The maximum atomic E-state index is 5.59. The van der Waals surface area contributed by atoms with Crippen molar-refractivity contribution in [2.45, 2.75) is 52.7 Å². The first-order valence-corrected chi connectivity index (χ1v) is 7.05. The van der Waals surface area contributed by atoms with E-state index >= 15 is 0 Å². The van der Waals surface area contributed by atoms with Crippen molar-refractivity contribution in [1.82, 2.24) is 14.8 Å². The van der Waals surface area contributed by atoms with E-state index in [-0.39, 0.29) is 0 Å². The molecule has 18 heavy (non-hydrogen) atoms. The molecule has 0 spiro atoms. The van der Waals surface area contributed by atoms with E-state index in [1.165, 1.54) is 12.8 Å². The molecule has 1 aromatic heterocycles. The lowest BCUT2D eigenvalue weighted by molar-refractivity contribution is -0.0247. The van der Waals surface area contributed by atoms with Gasteiger partial charge in [-0.15, -0.1) is 10.2 Å². The molecule has 5 heteroatoms. The topological polar surface area (TPSA) is 52.0 Å². The second kappa shape index (κ2) is 6.18. The van der Waals surface area contributed by atoms with Crippen molar-refractivity contribution < 1.29 is 4.74 Å². The molecule has 1 aromatic rings. The molecular formula is C13H24N4O. The number of ether oxygens (including phenoxy) is 1. The van der Waals surface area contributed by atoms with Gasteiger partial charge in [-0.3, -0.25) is 4.57 Å². The summed E-state index contributed by atoms with van der Waals surface area (Å²) in [7, 11) is 0. The second-order valence-corrected chi connectivity index (χ2v) is 4.83. The maximum absolute atomic E-state index is 5.59. The molecule has 2 rings (SSSR count). The van der Waals surface area contributed by atoms with Crippen LogP contribution in [0.5, 0.6) is 0 Å². The van der Waals surface area contributed by atoms with Crippen LogP contribution in [0.2, 0.25) is 0 Å². The average molecular weight is 252 g/mol. The molecule has 0 amide bonds.